The van der Waals surface area contributed by atoms with E-state index >= 15 is 0 Å². The smallest absolute Gasteiger partial charge is 0.255 e. The van der Waals surface area contributed by atoms with Gasteiger partial charge in [0.15, 0.2) is 5.96 Å². The summed E-state index contributed by atoms with van der Waals surface area (Å²) in [5, 5.41) is 13.8. The van der Waals surface area contributed by atoms with Gasteiger partial charge in [-0.1, -0.05) is 17.7 Å². The van der Waals surface area contributed by atoms with Crippen LogP contribution < -0.4 is 16.4 Å². The Hall–Kier alpha value is -3.43. The molecule has 2 aliphatic heterocycles. The molecule has 1 saturated heterocycles. The van der Waals surface area contributed by atoms with Gasteiger partial charge in [-0.05, 0) is 37.3 Å². The summed E-state index contributed by atoms with van der Waals surface area (Å²) in [6.07, 6.45) is 1.11. The summed E-state index contributed by atoms with van der Waals surface area (Å²) in [5.41, 5.74) is 8.30. The first-order chi connectivity index (χ1) is 15.9. The molecule has 0 saturated carbocycles. The molecule has 10 heteroatoms. The molecule has 1 unspecified atom stereocenters. The van der Waals surface area contributed by atoms with Crippen LogP contribution in [-0.4, -0.2) is 49.3 Å². The summed E-state index contributed by atoms with van der Waals surface area (Å²) >= 11 is 5.95. The van der Waals surface area contributed by atoms with Crippen LogP contribution in [0, 0.1) is 11.2 Å². The molecule has 1 fully saturated rings. The number of morpholine rings is 1. The second-order valence-electron chi connectivity index (χ2n) is 7.73. The van der Waals surface area contributed by atoms with Crippen LogP contribution in [0.5, 0.6) is 0 Å². The second-order valence-corrected chi connectivity index (χ2v) is 8.16. The fourth-order valence-electron chi connectivity index (χ4n) is 3.81. The number of nitrogen functional groups attached to an aromatic ring is 1. The second kappa shape index (κ2) is 9.60. The van der Waals surface area contributed by atoms with Gasteiger partial charge in [0.05, 0.1) is 18.8 Å². The number of allylic oxidation sites excluding steroid dienone is 1. The van der Waals surface area contributed by atoms with Gasteiger partial charge in [-0.25, -0.2) is 9.38 Å². The number of rotatable bonds is 4. The van der Waals surface area contributed by atoms with Crippen molar-refractivity contribution in [2.75, 3.05) is 37.4 Å². The van der Waals surface area contributed by atoms with E-state index in [1.807, 2.05) is 4.90 Å². The first kappa shape index (κ1) is 22.8. The molecule has 5 N–H and O–H groups in total. The zero-order valence-electron chi connectivity index (χ0n) is 18.0. The number of guanidine groups is 1. The molecule has 172 valence electrons. The molecule has 0 aliphatic carbocycles. The van der Waals surface area contributed by atoms with Gasteiger partial charge in [-0.15, -0.1) is 0 Å². The van der Waals surface area contributed by atoms with Crippen LogP contribution >= 0.6 is 11.6 Å². The molecule has 0 spiro atoms. The third-order valence-electron chi connectivity index (χ3n) is 5.54. The summed E-state index contributed by atoms with van der Waals surface area (Å²) in [7, 11) is 0. The maximum atomic E-state index is 14.9. The number of benzene rings is 2. The summed E-state index contributed by atoms with van der Waals surface area (Å²) in [6, 6.07) is 8.32. The van der Waals surface area contributed by atoms with Crippen LogP contribution in [0.15, 0.2) is 52.7 Å². The molecule has 2 aromatic carbocycles. The lowest BCUT2D eigenvalue weighted by Gasteiger charge is -2.34. The van der Waals surface area contributed by atoms with E-state index in [9.17, 15) is 9.18 Å². The highest BCUT2D eigenvalue weighted by Crippen LogP contribution is 2.34. The fourth-order valence-corrected chi connectivity index (χ4v) is 3.97. The molecule has 1 atom stereocenters. The monoisotopic (exact) mass is 470 g/mol. The zero-order chi connectivity index (χ0) is 23.5. The van der Waals surface area contributed by atoms with Crippen LogP contribution in [0.2, 0.25) is 5.02 Å². The maximum absolute atomic E-state index is 14.9. The van der Waals surface area contributed by atoms with Gasteiger partial charge < -0.3 is 31.4 Å². The number of hydrogen-bond donors (Lipinski definition) is 4. The number of carbonyl (C=O) groups is 1. The molecular formula is C23H24ClFN6O2. The fraction of sp³-hybridized carbons (Fsp3) is 0.261. The number of nitrogens with two attached hydrogens (primary N) is 1. The highest BCUT2D eigenvalue weighted by atomic mass is 35.5. The number of ether oxygens (including phenoxy) is 1. The number of aliphatic imine (C=N–C) groups is 1. The average molecular weight is 471 g/mol. The summed E-state index contributed by atoms with van der Waals surface area (Å²) in [6.45, 7) is 4.14. The Balaban J connectivity index is 1.71. The van der Waals surface area contributed by atoms with E-state index in [4.69, 9.17) is 32.5 Å². The van der Waals surface area contributed by atoms with Gasteiger partial charge in [0.25, 0.3) is 5.91 Å². The van der Waals surface area contributed by atoms with Crippen LogP contribution in [0.1, 0.15) is 24.1 Å². The molecule has 0 radical (unpaired) electrons. The van der Waals surface area contributed by atoms with Crippen LogP contribution in [0.4, 0.5) is 15.8 Å². The van der Waals surface area contributed by atoms with E-state index in [1.165, 1.54) is 6.07 Å². The summed E-state index contributed by atoms with van der Waals surface area (Å²) in [5.74, 6) is -0.425. The molecular weight excluding hydrogens is 447 g/mol. The molecule has 0 bridgehead atoms. The lowest BCUT2D eigenvalue weighted by molar-refractivity contribution is -0.113. The topological polar surface area (TPSA) is 116 Å². The van der Waals surface area contributed by atoms with Gasteiger partial charge in [0.2, 0.25) is 0 Å². The van der Waals surface area contributed by atoms with E-state index < -0.39 is 17.8 Å². The molecule has 1 amide bonds. The van der Waals surface area contributed by atoms with E-state index in [-0.39, 0.29) is 16.2 Å². The average Bonchev–Trinajstić information content (AvgIpc) is 2.80. The normalized spacial score (nSPS) is 18.5. The Bertz CT molecular complexity index is 1160. The Labute approximate surface area is 195 Å². The first-order valence-corrected chi connectivity index (χ1v) is 10.8. The largest absolute Gasteiger partial charge is 0.398 e. The molecule has 2 aliphatic rings. The van der Waals surface area contributed by atoms with Gasteiger partial charge in [-0.2, -0.15) is 0 Å². The Kier molecular flexibility index (Phi) is 6.62. The predicted molar refractivity (Wildman–Crippen MR) is 127 cm³/mol. The molecule has 2 aromatic rings. The van der Waals surface area contributed by atoms with Crippen LogP contribution in [-0.2, 0) is 9.53 Å². The zero-order valence-corrected chi connectivity index (χ0v) is 18.7. The molecule has 4 rings (SSSR count). The van der Waals surface area contributed by atoms with Crippen molar-refractivity contribution in [3.8, 4) is 0 Å². The van der Waals surface area contributed by atoms with E-state index in [2.05, 4.69) is 10.6 Å². The number of hydrogen-bond acceptors (Lipinski definition) is 7. The summed E-state index contributed by atoms with van der Waals surface area (Å²) in [4.78, 5) is 20.1. The third kappa shape index (κ3) is 4.84. The highest BCUT2D eigenvalue weighted by molar-refractivity contribution is 6.30. The van der Waals surface area contributed by atoms with Crippen molar-refractivity contribution in [2.45, 2.75) is 13.0 Å². The minimum Gasteiger partial charge on any atom is -0.398 e. The number of anilines is 2. The Morgan fingerprint density at radius 1 is 1.33 bits per heavy atom. The maximum Gasteiger partial charge on any atom is 0.255 e. The molecule has 33 heavy (non-hydrogen) atoms. The highest BCUT2D eigenvalue weighted by Gasteiger charge is 2.33. The van der Waals surface area contributed by atoms with E-state index in [0.29, 0.717) is 54.9 Å². The Morgan fingerprint density at radius 3 is 2.79 bits per heavy atom. The van der Waals surface area contributed by atoms with Gasteiger partial charge in [-0.3, -0.25) is 4.79 Å². The third-order valence-corrected chi connectivity index (χ3v) is 5.78. The minimum absolute atomic E-state index is 0.244. The first-order valence-electron chi connectivity index (χ1n) is 10.4. The van der Waals surface area contributed by atoms with Gasteiger partial charge >= 0.3 is 0 Å². The minimum atomic E-state index is -0.877. The summed E-state index contributed by atoms with van der Waals surface area (Å²) < 4.78 is 20.4. The van der Waals surface area contributed by atoms with Crippen molar-refractivity contribution < 1.29 is 13.9 Å². The number of nitrogens with zero attached hydrogens (tertiary/aromatic N) is 2. The molecule has 0 aromatic heterocycles. The SMILES string of the molecule is CC1=C(C(=O)Nc2ccc(N)c(C=N)c2)C(c2ccc(Cl)cc2F)N=C(N2CCOCC2)N1. The van der Waals surface area contributed by atoms with E-state index in [1.54, 1.807) is 37.3 Å². The number of nitrogens with one attached hydrogen (secondary N) is 3. The predicted octanol–water partition coefficient (Wildman–Crippen LogP) is 3.30. The van der Waals surface area contributed by atoms with Crippen LogP contribution in [0.25, 0.3) is 0 Å². The van der Waals surface area contributed by atoms with Crippen molar-refractivity contribution in [1.82, 2.24) is 10.2 Å². The lowest BCUT2D eigenvalue weighted by Crippen LogP contribution is -2.49. The van der Waals surface area contributed by atoms with Crippen molar-refractivity contribution >= 4 is 41.1 Å². The van der Waals surface area contributed by atoms with Crippen molar-refractivity contribution in [1.29, 1.82) is 5.41 Å². The van der Waals surface area contributed by atoms with Gasteiger partial charge in [0, 0.05) is 52.5 Å². The molecule has 8 nitrogen and oxygen atoms in total. The number of amides is 1. The van der Waals surface area contributed by atoms with Crippen molar-refractivity contribution in [3.05, 3.63) is 69.6 Å². The Morgan fingerprint density at radius 2 is 2.09 bits per heavy atom. The number of carbonyl (C=O) groups excluding carboxylic acids is 1. The molecule has 2 heterocycles. The van der Waals surface area contributed by atoms with Gasteiger partial charge in [0.1, 0.15) is 11.9 Å². The lowest BCUT2D eigenvalue weighted by atomic mass is 9.95. The van der Waals surface area contributed by atoms with Crippen molar-refractivity contribution in [2.24, 2.45) is 4.99 Å². The van der Waals surface area contributed by atoms with Crippen molar-refractivity contribution in [3.63, 3.8) is 0 Å². The quantitative estimate of drug-likeness (QED) is 0.404. The standard InChI is InChI=1S/C23H24ClFN6O2/c1-13-20(22(32)29-16-3-5-19(27)14(10-16)12-26)21(17-4-2-15(24)11-18(17)25)30-23(28-13)31-6-8-33-9-7-31/h2-5,10-12,21,26H,6-9,27H2,1H3,(H,28,30)(H,29,32). The number of halogens is 2. The van der Waals surface area contributed by atoms with Crippen LogP contribution in [0.3, 0.4) is 0 Å². The van der Waals surface area contributed by atoms with E-state index in [0.717, 1.165) is 6.21 Å².